The molecule has 0 aliphatic carbocycles. The van der Waals surface area contributed by atoms with Gasteiger partial charge in [0.05, 0.1) is 17.6 Å². The number of carbonyl (C=O) groups excluding carboxylic acids is 4. The smallest absolute Gasteiger partial charge is 0.349 e. The number of unbranched alkanes of at least 4 members (excludes halogenated alkanes) is 4. The van der Waals surface area contributed by atoms with E-state index in [9.17, 15) is 28.8 Å². The number of rotatable bonds is 35. The van der Waals surface area contributed by atoms with Crippen LogP contribution < -0.4 is 54.6 Å². The van der Waals surface area contributed by atoms with Crippen LogP contribution in [0, 0.1) is 13.8 Å². The van der Waals surface area contributed by atoms with Crippen molar-refractivity contribution in [1.29, 1.82) is 0 Å². The summed E-state index contributed by atoms with van der Waals surface area (Å²) >= 11 is 0. The van der Waals surface area contributed by atoms with Crippen LogP contribution in [-0.2, 0) is 44.7 Å². The number of carbonyl (C=O) groups is 4. The topological polar surface area (TPSA) is 310 Å². The predicted octanol–water partition coefficient (Wildman–Crippen LogP) is -0.131. The Bertz CT molecular complexity index is 2140. The first kappa shape index (κ1) is 58.4. The lowest BCUT2D eigenvalue weighted by atomic mass is 10.0. The maximum atomic E-state index is 14.6. The van der Waals surface area contributed by atoms with Gasteiger partial charge in [-0.05, 0) is 157 Å². The minimum Gasteiger partial charge on any atom is -0.460 e. The number of aromatic amines is 1. The highest BCUT2D eigenvalue weighted by Crippen LogP contribution is 2.27. The van der Waals surface area contributed by atoms with Crippen LogP contribution in [0.4, 0.5) is 0 Å². The first-order valence-electron chi connectivity index (χ1n) is 24.3. The number of aromatic nitrogens is 4. The minimum absolute atomic E-state index is 0.155. The molecule has 0 amide bonds. The van der Waals surface area contributed by atoms with Gasteiger partial charge in [-0.2, -0.15) is 4.98 Å². The van der Waals surface area contributed by atoms with E-state index in [2.05, 4.69) is 46.9 Å². The molecule has 11 N–H and O–H groups in total. The molecule has 0 fully saturated rings. The maximum absolute atomic E-state index is 14.6. The molecule has 7 unspecified atom stereocenters. The van der Waals surface area contributed by atoms with Gasteiger partial charge in [0.2, 0.25) is 0 Å². The second-order valence-corrected chi connectivity index (χ2v) is 17.4. The Morgan fingerprint density at radius 2 is 1.16 bits per heavy atom. The van der Waals surface area contributed by atoms with E-state index in [1.165, 1.54) is 4.57 Å². The number of nitrogens with one attached hydrogen (secondary N) is 7. The Balaban J connectivity index is 2.37. The number of H-pyrrole nitrogens is 1. The summed E-state index contributed by atoms with van der Waals surface area (Å²) in [5.41, 5.74) is 12.6. The van der Waals surface area contributed by atoms with Crippen molar-refractivity contribution in [3.8, 4) is 11.5 Å². The Kier molecular flexibility index (Phi) is 26.5. The predicted molar refractivity (Wildman–Crippen MR) is 264 cm³/mol. The average Bonchev–Trinajstić information content (AvgIpc) is 3.32. The molecule has 0 saturated heterocycles. The van der Waals surface area contributed by atoms with Gasteiger partial charge in [-0.25, -0.2) is 9.78 Å². The first-order valence-corrected chi connectivity index (χ1v) is 24.3. The Hall–Kier alpha value is -4.94. The molecule has 2 heterocycles. The summed E-state index contributed by atoms with van der Waals surface area (Å²) in [6, 6.07) is -0.0940. The number of esters is 4. The lowest BCUT2D eigenvalue weighted by molar-refractivity contribution is -0.195. The van der Waals surface area contributed by atoms with Crippen LogP contribution in [0.5, 0.6) is 0 Å². The van der Waals surface area contributed by atoms with Crippen molar-refractivity contribution in [1.82, 2.24) is 51.4 Å². The molecule has 1 aromatic carbocycles. The molecule has 22 heteroatoms. The normalized spacial score (nSPS) is 14.7. The van der Waals surface area contributed by atoms with Crippen molar-refractivity contribution >= 4 is 34.9 Å². The van der Waals surface area contributed by atoms with Crippen molar-refractivity contribution < 1.29 is 38.1 Å². The third-order valence-electron chi connectivity index (χ3n) is 12.2. The summed E-state index contributed by atoms with van der Waals surface area (Å²) in [7, 11) is 10.4. The van der Waals surface area contributed by atoms with Gasteiger partial charge in [-0.3, -0.25) is 29.0 Å². The van der Waals surface area contributed by atoms with E-state index in [4.69, 9.17) is 30.4 Å². The molecule has 0 aromatic heterocycles. The van der Waals surface area contributed by atoms with Crippen LogP contribution in [0.2, 0.25) is 0 Å². The zero-order valence-corrected chi connectivity index (χ0v) is 42.0. The Morgan fingerprint density at radius 3 is 1.70 bits per heavy atom. The lowest BCUT2D eigenvalue weighted by Crippen LogP contribution is -2.54. The molecule has 2 aliphatic heterocycles. The van der Waals surface area contributed by atoms with Crippen LogP contribution >= 0.6 is 0 Å². The summed E-state index contributed by atoms with van der Waals surface area (Å²) in [5.74, 6) is -3.24. The van der Waals surface area contributed by atoms with E-state index in [-0.39, 0.29) is 17.9 Å². The number of fused-ring (bicyclic) bond motifs is 2. The highest BCUT2D eigenvalue weighted by atomic mass is 16.6. The lowest BCUT2D eigenvalue weighted by Gasteiger charge is -2.35. The summed E-state index contributed by atoms with van der Waals surface area (Å²) in [6.45, 7) is 5.19. The van der Waals surface area contributed by atoms with Gasteiger partial charge >= 0.3 is 29.6 Å². The van der Waals surface area contributed by atoms with Crippen molar-refractivity contribution in [3.63, 3.8) is 0 Å². The number of aryl methyl sites for hydroxylation is 2. The summed E-state index contributed by atoms with van der Waals surface area (Å²) < 4.78 is 26.5. The first-order chi connectivity index (χ1) is 33.2. The fourth-order valence-corrected chi connectivity index (χ4v) is 7.88. The van der Waals surface area contributed by atoms with Crippen LogP contribution in [0.3, 0.4) is 0 Å². The van der Waals surface area contributed by atoms with Crippen molar-refractivity contribution in [3.05, 3.63) is 44.1 Å². The van der Waals surface area contributed by atoms with E-state index in [0.717, 1.165) is 36.9 Å². The van der Waals surface area contributed by atoms with Crippen LogP contribution in [0.15, 0.2) is 21.7 Å². The molecule has 7 atom stereocenters. The Morgan fingerprint density at radius 1 is 0.652 bits per heavy atom. The maximum Gasteiger partial charge on any atom is 0.349 e. The van der Waals surface area contributed by atoms with Crippen LogP contribution in [0.25, 0.3) is 22.6 Å². The van der Waals surface area contributed by atoms with Gasteiger partial charge in [0, 0.05) is 0 Å². The second kappa shape index (κ2) is 31.3. The molecule has 1 aromatic rings. The molecule has 69 heavy (non-hydrogen) atoms. The zero-order chi connectivity index (χ0) is 50.9. The number of likely N-dealkylation sites (N-methyl/N-ethyl adjacent to an activating group) is 3. The number of nitrogens with zero attached hydrogens (tertiary/aromatic N) is 3. The van der Waals surface area contributed by atoms with Crippen LogP contribution in [-0.4, -0.2) is 161 Å². The molecule has 3 rings (SSSR count). The SMILES string of the molecule is CNCCCCC(NC)C(=O)OCC(OC(=O)C(N)CCCCN)C(OC(=O)C(CCCCNC)NC)C(Cn1c2nc(=O)[nH]c(=O)c-2nc2cc(C)c(C)cc21)OC(=O)C(CCCCNC)NC. The number of hydrogen-bond acceptors (Lipinski definition) is 20. The third-order valence-corrected chi connectivity index (χ3v) is 12.2. The fraction of sp³-hybridized carbons (Fsp3) is 0.702. The van der Waals surface area contributed by atoms with Gasteiger partial charge in [0.1, 0.15) is 30.8 Å². The van der Waals surface area contributed by atoms with Crippen molar-refractivity contribution in [2.45, 2.75) is 140 Å². The minimum atomic E-state index is -1.71. The molecular formula is C47H80N12O10. The van der Waals surface area contributed by atoms with Gasteiger partial charge in [0.25, 0.3) is 5.56 Å². The van der Waals surface area contributed by atoms with Crippen molar-refractivity contribution in [2.24, 2.45) is 11.5 Å². The van der Waals surface area contributed by atoms with Crippen LogP contribution in [0.1, 0.15) is 88.2 Å². The Labute approximate surface area is 405 Å². The molecule has 22 nitrogen and oxygen atoms in total. The summed E-state index contributed by atoms with van der Waals surface area (Å²) in [4.78, 5) is 94.4. The summed E-state index contributed by atoms with van der Waals surface area (Å²) in [5, 5.41) is 18.4. The number of hydrogen-bond donors (Lipinski definition) is 9. The van der Waals surface area contributed by atoms with E-state index in [0.29, 0.717) is 82.0 Å². The van der Waals surface area contributed by atoms with Gasteiger partial charge in [-0.15, -0.1) is 0 Å². The van der Waals surface area contributed by atoms with Gasteiger partial charge in [0.15, 0.2) is 29.8 Å². The van der Waals surface area contributed by atoms with E-state index < -0.39 is 90.8 Å². The molecular weight excluding hydrogens is 893 g/mol. The monoisotopic (exact) mass is 973 g/mol. The molecule has 0 radical (unpaired) electrons. The van der Waals surface area contributed by atoms with E-state index >= 15 is 0 Å². The quantitative estimate of drug-likeness (QED) is 0.0160. The van der Waals surface area contributed by atoms with Gasteiger partial charge < -0.3 is 66.9 Å². The second-order valence-electron chi connectivity index (χ2n) is 17.4. The zero-order valence-electron chi connectivity index (χ0n) is 42.0. The molecule has 388 valence electrons. The average molecular weight is 973 g/mol. The fourth-order valence-electron chi connectivity index (χ4n) is 7.88. The number of nitrogens with two attached hydrogens (primary N) is 2. The summed E-state index contributed by atoms with van der Waals surface area (Å²) in [6.07, 6.45) is 1.74. The van der Waals surface area contributed by atoms with E-state index in [1.807, 2.05) is 35.0 Å². The van der Waals surface area contributed by atoms with Gasteiger partial charge in [-0.1, -0.05) is 25.7 Å². The molecule has 0 spiro atoms. The third kappa shape index (κ3) is 18.4. The standard InChI is InChI=1S/C47H80N12O10/c1-29-25-35-36(26-30(29)2)59(41-39(56-35)42(60)58-47(65)57-41)27-37(67-45(63)33(54-7)19-11-15-23-51-4)40(69-46(64)34(55-8)20-12-16-24-52-5)38(68-43(61)31(49)17-9-13-21-48)28-66-44(62)32(53-6)18-10-14-22-50-3/h25-26,31-34,37-38,40,50-55H,9-24,27-28,48-49H2,1-8H3,(H,58,60,65). The number of benzene rings is 1. The molecule has 0 bridgehead atoms. The van der Waals surface area contributed by atoms with E-state index in [1.54, 1.807) is 33.3 Å². The number of ether oxygens (including phenoxy) is 4. The highest BCUT2D eigenvalue weighted by molar-refractivity contribution is 5.81. The largest absolute Gasteiger partial charge is 0.460 e. The highest BCUT2D eigenvalue weighted by Gasteiger charge is 2.43. The molecule has 0 saturated carbocycles. The van der Waals surface area contributed by atoms with Crippen molar-refractivity contribution in [2.75, 3.05) is 75.1 Å². The molecule has 2 aliphatic rings.